The van der Waals surface area contributed by atoms with E-state index in [1.165, 1.54) is 115 Å². The van der Waals surface area contributed by atoms with Crippen LogP contribution in [-0.4, -0.2) is 29.8 Å². The molecule has 0 bridgehead atoms. The van der Waals surface area contributed by atoms with Gasteiger partial charge >= 0.3 is 0 Å². The summed E-state index contributed by atoms with van der Waals surface area (Å²) in [4.78, 5) is 0. The van der Waals surface area contributed by atoms with Crippen molar-refractivity contribution in [3.63, 3.8) is 0 Å². The Morgan fingerprint density at radius 2 is 0.970 bits per heavy atom. The minimum absolute atomic E-state index is 1.11. The van der Waals surface area contributed by atoms with E-state index in [4.69, 9.17) is 18.6 Å². The summed E-state index contributed by atoms with van der Waals surface area (Å²) in [6, 6.07) is 10.9. The predicted octanol–water partition coefficient (Wildman–Crippen LogP) is 4.40. The molecule has 1 N–H and O–H groups in total. The maximum Gasteiger partial charge on any atom is 0.104 e. The van der Waals surface area contributed by atoms with Gasteiger partial charge in [0.15, 0.2) is 0 Å². The number of rotatable bonds is 19. The van der Waals surface area contributed by atoms with Gasteiger partial charge in [-0.05, 0) is 12.8 Å². The van der Waals surface area contributed by atoms with Crippen molar-refractivity contribution in [2.45, 2.75) is 116 Å². The maximum atomic E-state index is 8.60. The van der Waals surface area contributed by atoms with E-state index in [1.807, 2.05) is 0 Å². The van der Waals surface area contributed by atoms with Crippen molar-refractivity contribution in [2.75, 3.05) is 20.6 Å². The normalized spacial score (nSPS) is 11.8. The second kappa shape index (κ2) is 20.7. The third kappa shape index (κ3) is 27.4. The molecule has 1 aromatic rings. The zero-order valence-corrected chi connectivity index (χ0v) is 22.4. The molecular formula is C27H51ClNO4+. The number of unbranched alkanes of at least 4 members (excludes halogenated alkanes) is 15. The van der Waals surface area contributed by atoms with Gasteiger partial charge in [0.05, 0.1) is 35.5 Å². The number of benzene rings is 1. The lowest BCUT2D eigenvalue weighted by Gasteiger charge is -2.30. The number of hydrogen-bond donors (Lipinski definition) is 1. The monoisotopic (exact) mass is 488 g/mol. The third-order valence-corrected chi connectivity index (χ3v) is 6.07. The van der Waals surface area contributed by atoms with Gasteiger partial charge in [0.25, 0.3) is 0 Å². The van der Waals surface area contributed by atoms with E-state index < -0.39 is 10.2 Å². The average molecular weight is 489 g/mol. The van der Waals surface area contributed by atoms with Gasteiger partial charge in [-0.15, -0.1) is 0 Å². The number of quaternary nitrogens is 1. The lowest BCUT2D eigenvalue weighted by atomic mass is 10.0. The van der Waals surface area contributed by atoms with Crippen molar-refractivity contribution >= 4 is 0 Å². The van der Waals surface area contributed by atoms with Gasteiger partial charge in [0.1, 0.15) is 6.54 Å². The first-order chi connectivity index (χ1) is 15.6. The van der Waals surface area contributed by atoms with E-state index in [9.17, 15) is 0 Å². The summed E-state index contributed by atoms with van der Waals surface area (Å²) < 4.78 is 33.8. The highest BCUT2D eigenvalue weighted by atomic mass is 35.7. The summed E-state index contributed by atoms with van der Waals surface area (Å²) in [5, 5.41) is 0. The van der Waals surface area contributed by atoms with Crippen LogP contribution in [0.5, 0.6) is 0 Å². The highest BCUT2D eigenvalue weighted by Gasteiger charge is 2.14. The van der Waals surface area contributed by atoms with Crippen LogP contribution >= 0.6 is 0 Å². The van der Waals surface area contributed by atoms with Gasteiger partial charge in [-0.25, -0.2) is 0 Å². The molecule has 0 aliphatic carbocycles. The van der Waals surface area contributed by atoms with Crippen LogP contribution in [-0.2, 0) is 6.54 Å². The topological polar surface area (TPSA) is 89.4 Å². The molecule has 0 unspecified atom stereocenters. The van der Waals surface area contributed by atoms with Crippen molar-refractivity contribution < 1.29 is 33.4 Å². The van der Waals surface area contributed by atoms with Gasteiger partial charge < -0.3 is 4.48 Å². The van der Waals surface area contributed by atoms with Crippen LogP contribution < -0.4 is 14.0 Å². The Bertz CT molecular complexity index is 529. The second-order valence-electron chi connectivity index (χ2n) is 10.0. The zero-order chi connectivity index (χ0) is 24.8. The smallest absolute Gasteiger partial charge is 0.104 e. The quantitative estimate of drug-likeness (QED) is 0.231. The molecule has 0 saturated heterocycles. The molecular weight excluding hydrogens is 438 g/mol. The molecule has 6 heteroatoms. The van der Waals surface area contributed by atoms with Gasteiger partial charge in [-0.2, -0.15) is 14.0 Å². The van der Waals surface area contributed by atoms with Crippen LogP contribution in [0.2, 0.25) is 0 Å². The Balaban J connectivity index is 0.00000184. The van der Waals surface area contributed by atoms with E-state index in [-0.39, 0.29) is 0 Å². The SMILES string of the molecule is CCCCCCCCCCCCCCCCCC[N+](C)(C)Cc1ccccc1.[O-][Cl+3]([O-])([O-])O. The molecule has 1 aromatic carbocycles. The first-order valence-electron chi connectivity index (χ1n) is 13.1. The van der Waals surface area contributed by atoms with E-state index >= 15 is 0 Å². The Morgan fingerprint density at radius 3 is 1.33 bits per heavy atom. The Labute approximate surface area is 206 Å². The molecule has 0 fully saturated rings. The number of halogens is 1. The Morgan fingerprint density at radius 1 is 0.636 bits per heavy atom. The average Bonchev–Trinajstić information content (AvgIpc) is 2.72. The highest BCUT2D eigenvalue weighted by Crippen LogP contribution is 2.15. The molecule has 0 aromatic heterocycles. The fourth-order valence-electron chi connectivity index (χ4n) is 4.24. The maximum absolute atomic E-state index is 8.60. The van der Waals surface area contributed by atoms with E-state index in [0.29, 0.717) is 0 Å². The molecule has 1 rings (SSSR count). The van der Waals surface area contributed by atoms with Crippen LogP contribution in [0.1, 0.15) is 115 Å². The summed E-state index contributed by atoms with van der Waals surface area (Å²) in [6.07, 6.45) is 23.2. The molecule has 0 amide bonds. The molecule has 0 aliphatic heterocycles. The molecule has 0 aliphatic rings. The van der Waals surface area contributed by atoms with Crippen LogP contribution in [0.4, 0.5) is 0 Å². The number of nitrogens with zero attached hydrogens (tertiary/aromatic N) is 1. The lowest BCUT2D eigenvalue weighted by Crippen LogP contribution is -2.58. The van der Waals surface area contributed by atoms with Gasteiger partial charge in [-0.1, -0.05) is 127 Å². The van der Waals surface area contributed by atoms with Gasteiger partial charge in [0.2, 0.25) is 0 Å². The van der Waals surface area contributed by atoms with E-state index in [1.54, 1.807) is 0 Å². The minimum Gasteiger partial charge on any atom is -0.325 e. The van der Waals surface area contributed by atoms with E-state index in [2.05, 4.69) is 51.4 Å². The highest BCUT2D eigenvalue weighted by molar-refractivity contribution is 5.13. The fraction of sp³-hybridized carbons (Fsp3) is 0.778. The molecule has 194 valence electrons. The summed E-state index contributed by atoms with van der Waals surface area (Å²) in [7, 11) is 0.0520. The lowest BCUT2D eigenvalue weighted by molar-refractivity contribution is -1.92. The Kier molecular flexibility index (Phi) is 20.2. The number of hydrogen-bond acceptors (Lipinski definition) is 4. The van der Waals surface area contributed by atoms with Crippen molar-refractivity contribution in [1.82, 2.24) is 0 Å². The van der Waals surface area contributed by atoms with Crippen LogP contribution in [0, 0.1) is 10.2 Å². The van der Waals surface area contributed by atoms with Gasteiger partial charge in [-0.3, -0.25) is 0 Å². The molecule has 5 nitrogen and oxygen atoms in total. The second-order valence-corrected chi connectivity index (χ2v) is 10.8. The first kappa shape index (κ1) is 32.3. The van der Waals surface area contributed by atoms with Crippen molar-refractivity contribution in [3.05, 3.63) is 35.9 Å². The molecule has 0 saturated carbocycles. The Hall–Kier alpha value is -0.690. The molecule has 0 atom stereocenters. The van der Waals surface area contributed by atoms with Crippen LogP contribution in [0.25, 0.3) is 0 Å². The van der Waals surface area contributed by atoms with Crippen molar-refractivity contribution in [1.29, 1.82) is 0 Å². The summed E-state index contributed by atoms with van der Waals surface area (Å²) in [5.41, 5.74) is 1.46. The minimum atomic E-state index is -4.69. The first-order valence-corrected chi connectivity index (χ1v) is 14.4. The predicted molar refractivity (Wildman–Crippen MR) is 129 cm³/mol. The zero-order valence-electron chi connectivity index (χ0n) is 21.6. The van der Waals surface area contributed by atoms with Crippen LogP contribution in [0.15, 0.2) is 30.3 Å². The van der Waals surface area contributed by atoms with E-state index in [0.717, 1.165) is 11.0 Å². The van der Waals surface area contributed by atoms with Crippen molar-refractivity contribution in [3.8, 4) is 0 Å². The molecule has 0 heterocycles. The van der Waals surface area contributed by atoms with Crippen LogP contribution in [0.3, 0.4) is 0 Å². The van der Waals surface area contributed by atoms with Crippen molar-refractivity contribution in [2.24, 2.45) is 0 Å². The molecule has 0 radical (unpaired) electrons. The summed E-state index contributed by atoms with van der Waals surface area (Å²) >= 11 is 0. The summed E-state index contributed by atoms with van der Waals surface area (Å²) in [6.45, 7) is 4.75. The molecule has 0 spiro atoms. The fourth-order valence-corrected chi connectivity index (χ4v) is 4.24. The van der Waals surface area contributed by atoms with Gasteiger partial charge in [0, 0.05) is 5.56 Å². The standard InChI is InChI=1S/C27H50N.ClHO4/c1-4-5-6-7-8-9-10-11-12-13-14-15-16-17-18-22-25-28(2,3)26-27-23-20-19-21-24-27;2-1(3,4)5/h19-21,23-24H,4-18,22,25-26H2,1-3H3;(H,2,3,4,5)/q+1;. The third-order valence-electron chi connectivity index (χ3n) is 6.07. The molecule has 33 heavy (non-hydrogen) atoms. The largest absolute Gasteiger partial charge is 0.325 e. The summed E-state index contributed by atoms with van der Waals surface area (Å²) in [5.74, 6) is 0.